The molecule has 8 heteroatoms. The standard InChI is InChI=1S/C30H43N5O3/c1-30(2,3)20-11-13-22(14-12-20)35(29(38)25-17-23(36)18-32-25)27(24-19-31-16-15-26(24)34(4)5)28(37)33-21-9-7-6-8-10-21/h11-16,19,21,23,25,27,32,36H,6-10,17-18H2,1-5H3,(H,33,37). The van der Waals surface area contributed by atoms with Crippen LogP contribution in [0.3, 0.4) is 0 Å². The van der Waals surface area contributed by atoms with Gasteiger partial charge < -0.3 is 20.6 Å². The Morgan fingerprint density at radius 2 is 1.76 bits per heavy atom. The van der Waals surface area contributed by atoms with Gasteiger partial charge in [-0.3, -0.25) is 19.5 Å². The summed E-state index contributed by atoms with van der Waals surface area (Å²) in [4.78, 5) is 36.3. The Bertz CT molecular complexity index is 1110. The van der Waals surface area contributed by atoms with Crippen molar-refractivity contribution in [2.45, 2.75) is 88.9 Å². The molecular formula is C30H43N5O3. The van der Waals surface area contributed by atoms with Gasteiger partial charge in [0.05, 0.1) is 12.1 Å². The third-order valence-electron chi connectivity index (χ3n) is 7.72. The van der Waals surface area contributed by atoms with Crippen molar-refractivity contribution in [1.29, 1.82) is 0 Å². The number of hydrogen-bond acceptors (Lipinski definition) is 6. The van der Waals surface area contributed by atoms with Crippen molar-refractivity contribution in [3.8, 4) is 0 Å². The fraction of sp³-hybridized carbons (Fsp3) is 0.567. The molecule has 2 aliphatic rings. The molecule has 0 radical (unpaired) electrons. The van der Waals surface area contributed by atoms with Crippen molar-refractivity contribution in [1.82, 2.24) is 15.6 Å². The molecule has 4 rings (SSSR count). The van der Waals surface area contributed by atoms with Crippen molar-refractivity contribution in [3.63, 3.8) is 0 Å². The summed E-state index contributed by atoms with van der Waals surface area (Å²) < 4.78 is 0. The maximum atomic E-state index is 14.2. The number of aliphatic hydroxyl groups is 1. The lowest BCUT2D eigenvalue weighted by Crippen LogP contribution is -2.51. The topological polar surface area (TPSA) is 97.8 Å². The molecule has 3 atom stereocenters. The number of anilines is 2. The molecule has 0 bridgehead atoms. The van der Waals surface area contributed by atoms with Gasteiger partial charge in [0, 0.05) is 56.0 Å². The minimum Gasteiger partial charge on any atom is -0.392 e. The molecule has 206 valence electrons. The number of carbonyl (C=O) groups is 2. The summed E-state index contributed by atoms with van der Waals surface area (Å²) in [7, 11) is 3.85. The summed E-state index contributed by atoms with van der Waals surface area (Å²) in [5.74, 6) is -0.442. The number of β-amino-alcohol motifs (C(OH)–C–C–N with tert-alkyl or cyclic N) is 1. The summed E-state index contributed by atoms with van der Waals surface area (Å²) in [6.07, 6.45) is 8.35. The highest BCUT2D eigenvalue weighted by atomic mass is 16.3. The van der Waals surface area contributed by atoms with Gasteiger partial charge in [-0.1, -0.05) is 52.2 Å². The largest absolute Gasteiger partial charge is 0.392 e. The maximum absolute atomic E-state index is 14.2. The van der Waals surface area contributed by atoms with Crippen LogP contribution in [0.25, 0.3) is 0 Å². The first-order valence-electron chi connectivity index (χ1n) is 13.8. The van der Waals surface area contributed by atoms with Crippen LogP contribution in [0.5, 0.6) is 0 Å². The van der Waals surface area contributed by atoms with Crippen LogP contribution < -0.4 is 20.4 Å². The molecule has 2 heterocycles. The number of aliphatic hydroxyl groups excluding tert-OH is 1. The minimum absolute atomic E-state index is 0.0519. The highest BCUT2D eigenvalue weighted by molar-refractivity contribution is 6.04. The monoisotopic (exact) mass is 521 g/mol. The molecule has 38 heavy (non-hydrogen) atoms. The second-order valence-corrected chi connectivity index (χ2v) is 11.9. The summed E-state index contributed by atoms with van der Waals surface area (Å²) in [5, 5.41) is 16.6. The highest BCUT2D eigenvalue weighted by Gasteiger charge is 2.40. The molecule has 2 fully saturated rings. The number of aromatic nitrogens is 1. The summed E-state index contributed by atoms with van der Waals surface area (Å²) in [5.41, 5.74) is 3.22. The molecule has 1 aromatic carbocycles. The van der Waals surface area contributed by atoms with Gasteiger partial charge in [0.1, 0.15) is 6.04 Å². The zero-order valence-electron chi connectivity index (χ0n) is 23.4. The Morgan fingerprint density at radius 3 is 2.34 bits per heavy atom. The number of amides is 2. The van der Waals surface area contributed by atoms with Gasteiger partial charge in [-0.15, -0.1) is 0 Å². The lowest BCUT2D eigenvalue weighted by molar-refractivity contribution is -0.128. The summed E-state index contributed by atoms with van der Waals surface area (Å²) in [6.45, 7) is 6.79. The number of hydrogen-bond donors (Lipinski definition) is 3. The molecule has 8 nitrogen and oxygen atoms in total. The quantitative estimate of drug-likeness (QED) is 0.514. The van der Waals surface area contributed by atoms with Crippen LogP contribution in [0.15, 0.2) is 42.7 Å². The highest BCUT2D eigenvalue weighted by Crippen LogP contribution is 2.35. The van der Waals surface area contributed by atoms with Crippen LogP contribution in [0.4, 0.5) is 11.4 Å². The number of nitrogens with one attached hydrogen (secondary N) is 2. The second-order valence-electron chi connectivity index (χ2n) is 11.9. The first-order valence-corrected chi connectivity index (χ1v) is 13.8. The molecule has 0 spiro atoms. The van der Waals surface area contributed by atoms with E-state index in [0.29, 0.717) is 24.2 Å². The van der Waals surface area contributed by atoms with Crippen molar-refractivity contribution in [3.05, 3.63) is 53.9 Å². The smallest absolute Gasteiger partial charge is 0.248 e. The summed E-state index contributed by atoms with van der Waals surface area (Å²) >= 11 is 0. The van der Waals surface area contributed by atoms with Gasteiger partial charge >= 0.3 is 0 Å². The Labute approximate surface area is 226 Å². The summed E-state index contributed by atoms with van der Waals surface area (Å²) in [6, 6.07) is 8.36. The van der Waals surface area contributed by atoms with Gasteiger partial charge in [-0.25, -0.2) is 0 Å². The fourth-order valence-electron chi connectivity index (χ4n) is 5.54. The molecule has 3 unspecified atom stereocenters. The molecular weight excluding hydrogens is 478 g/mol. The van der Waals surface area contributed by atoms with E-state index < -0.39 is 18.2 Å². The number of rotatable bonds is 7. The van der Waals surface area contributed by atoms with E-state index in [1.807, 2.05) is 49.3 Å². The van der Waals surface area contributed by atoms with Crippen molar-refractivity contribution < 1.29 is 14.7 Å². The van der Waals surface area contributed by atoms with Crippen LogP contribution in [0, 0.1) is 0 Å². The maximum Gasteiger partial charge on any atom is 0.248 e. The first kappa shape index (κ1) is 28.0. The van der Waals surface area contributed by atoms with Gasteiger partial charge in [0.25, 0.3) is 0 Å². The minimum atomic E-state index is -0.921. The number of carbonyl (C=O) groups excluding carboxylic acids is 2. The third kappa shape index (κ3) is 6.35. The van der Waals surface area contributed by atoms with E-state index in [-0.39, 0.29) is 23.3 Å². The lowest BCUT2D eigenvalue weighted by atomic mass is 9.87. The normalized spacial score (nSPS) is 21.1. The van der Waals surface area contributed by atoms with Gasteiger partial charge in [-0.2, -0.15) is 0 Å². The molecule has 1 saturated carbocycles. The van der Waals surface area contributed by atoms with E-state index in [9.17, 15) is 14.7 Å². The predicted octanol–water partition coefficient (Wildman–Crippen LogP) is 3.69. The van der Waals surface area contributed by atoms with E-state index in [1.165, 1.54) is 6.42 Å². The van der Waals surface area contributed by atoms with Gasteiger partial charge in [0.2, 0.25) is 11.8 Å². The zero-order chi connectivity index (χ0) is 27.4. The average Bonchev–Trinajstić information content (AvgIpc) is 3.33. The van der Waals surface area contributed by atoms with E-state index >= 15 is 0 Å². The Hall–Kier alpha value is -2.97. The predicted molar refractivity (Wildman–Crippen MR) is 151 cm³/mol. The lowest BCUT2D eigenvalue weighted by Gasteiger charge is -2.36. The van der Waals surface area contributed by atoms with Crippen molar-refractivity contribution in [2.75, 3.05) is 30.4 Å². The average molecular weight is 522 g/mol. The molecule has 1 aliphatic carbocycles. The van der Waals surface area contributed by atoms with E-state index in [1.54, 1.807) is 17.3 Å². The molecule has 3 N–H and O–H groups in total. The SMILES string of the molecule is CN(C)c1ccncc1C(C(=O)NC1CCCCC1)N(C(=O)C1CC(O)CN1)c1ccc(C(C)(C)C)cc1. The van der Waals surface area contributed by atoms with Crippen LogP contribution >= 0.6 is 0 Å². The molecule has 1 aromatic heterocycles. The van der Waals surface area contributed by atoms with Crippen molar-refractivity contribution in [2.24, 2.45) is 0 Å². The fourth-order valence-corrected chi connectivity index (χ4v) is 5.54. The third-order valence-corrected chi connectivity index (χ3v) is 7.72. The number of benzene rings is 1. The van der Waals surface area contributed by atoms with Crippen LogP contribution in [0.1, 0.15) is 76.5 Å². The van der Waals surface area contributed by atoms with Crippen molar-refractivity contribution >= 4 is 23.2 Å². The molecule has 1 aliphatic heterocycles. The second kappa shape index (κ2) is 11.8. The van der Waals surface area contributed by atoms with Gasteiger partial charge in [-0.05, 0) is 48.4 Å². The van der Waals surface area contributed by atoms with Crippen LogP contribution in [0.2, 0.25) is 0 Å². The molecule has 1 saturated heterocycles. The van der Waals surface area contributed by atoms with E-state index in [2.05, 4.69) is 36.4 Å². The Morgan fingerprint density at radius 1 is 1.08 bits per heavy atom. The van der Waals surface area contributed by atoms with Gasteiger partial charge in [0.15, 0.2) is 0 Å². The zero-order valence-corrected chi connectivity index (χ0v) is 23.4. The number of pyridine rings is 1. The van der Waals surface area contributed by atoms with E-state index in [4.69, 9.17) is 0 Å². The Kier molecular flexibility index (Phi) is 8.73. The Balaban J connectivity index is 1.83. The van der Waals surface area contributed by atoms with Crippen LogP contribution in [-0.4, -0.2) is 60.7 Å². The molecule has 2 amide bonds. The van der Waals surface area contributed by atoms with E-state index in [0.717, 1.165) is 36.9 Å². The van der Waals surface area contributed by atoms with Crippen LogP contribution in [-0.2, 0) is 15.0 Å². The number of nitrogens with zero attached hydrogens (tertiary/aromatic N) is 3. The molecule has 2 aromatic rings. The first-order chi connectivity index (χ1) is 18.1.